The van der Waals surface area contributed by atoms with Crippen LogP contribution >= 0.6 is 0 Å². The normalized spacial score (nSPS) is 12.4. The van der Waals surface area contributed by atoms with E-state index in [1.54, 1.807) is 6.92 Å². The Morgan fingerprint density at radius 1 is 1.56 bits per heavy atom. The Morgan fingerprint density at radius 2 is 2.25 bits per heavy atom. The molecule has 0 aliphatic heterocycles. The number of hydrogen-bond donors (Lipinski definition) is 3. The monoisotopic (exact) mass is 226 g/mol. The van der Waals surface area contributed by atoms with Gasteiger partial charge in [0.2, 0.25) is 0 Å². The van der Waals surface area contributed by atoms with Crippen LogP contribution in [0.1, 0.15) is 12.5 Å². The van der Waals surface area contributed by atoms with E-state index >= 15 is 0 Å². The molecule has 0 fully saturated rings. The van der Waals surface area contributed by atoms with Gasteiger partial charge in [0, 0.05) is 30.3 Å². The van der Waals surface area contributed by atoms with E-state index in [1.165, 1.54) is 18.2 Å². The Hall–Kier alpha value is -1.66. The zero-order valence-corrected chi connectivity index (χ0v) is 8.88. The summed E-state index contributed by atoms with van der Waals surface area (Å²) in [7, 11) is 0. The van der Waals surface area contributed by atoms with Crippen molar-refractivity contribution in [2.75, 3.05) is 6.61 Å². The highest BCUT2D eigenvalue weighted by molar-refractivity contribution is 5.42. The van der Waals surface area contributed by atoms with Gasteiger partial charge < -0.3 is 15.5 Å². The number of non-ortho nitro benzene ring substituents is 1. The predicted octanol–water partition coefficient (Wildman–Crippen LogP) is 0.771. The van der Waals surface area contributed by atoms with E-state index < -0.39 is 4.92 Å². The number of aliphatic hydroxyl groups is 1. The van der Waals surface area contributed by atoms with Crippen LogP contribution in [0.25, 0.3) is 0 Å². The van der Waals surface area contributed by atoms with Gasteiger partial charge in [-0.15, -0.1) is 0 Å². The fourth-order valence-electron chi connectivity index (χ4n) is 1.18. The highest BCUT2D eigenvalue weighted by atomic mass is 16.6. The Balaban J connectivity index is 2.78. The number of aliphatic hydroxyl groups excluding tert-OH is 1. The van der Waals surface area contributed by atoms with Crippen LogP contribution in [0.5, 0.6) is 5.75 Å². The summed E-state index contributed by atoms with van der Waals surface area (Å²) in [6.07, 6.45) is 0. The van der Waals surface area contributed by atoms with Gasteiger partial charge in [0.1, 0.15) is 5.75 Å². The molecule has 6 heteroatoms. The molecule has 1 unspecified atom stereocenters. The van der Waals surface area contributed by atoms with E-state index in [2.05, 4.69) is 5.32 Å². The van der Waals surface area contributed by atoms with Crippen LogP contribution in [0, 0.1) is 10.1 Å². The predicted molar refractivity (Wildman–Crippen MR) is 58.1 cm³/mol. The molecular weight excluding hydrogens is 212 g/mol. The maximum Gasteiger partial charge on any atom is 0.270 e. The molecule has 0 saturated heterocycles. The third-order valence-electron chi connectivity index (χ3n) is 2.19. The molecule has 0 heterocycles. The summed E-state index contributed by atoms with van der Waals surface area (Å²) in [5.74, 6) is 0.00300. The molecule has 0 amide bonds. The SMILES string of the molecule is CC(CO)NCc1cc([N+](=O)[O-])ccc1O. The third kappa shape index (κ3) is 3.18. The van der Waals surface area contributed by atoms with Crippen molar-refractivity contribution in [3.63, 3.8) is 0 Å². The lowest BCUT2D eigenvalue weighted by atomic mass is 10.1. The van der Waals surface area contributed by atoms with Crippen LogP contribution in [-0.4, -0.2) is 27.8 Å². The summed E-state index contributed by atoms with van der Waals surface area (Å²) in [4.78, 5) is 10.0. The quantitative estimate of drug-likeness (QED) is 0.509. The van der Waals surface area contributed by atoms with E-state index in [0.717, 1.165) is 0 Å². The lowest BCUT2D eigenvalue weighted by Gasteiger charge is -2.11. The number of nitrogens with zero attached hydrogens (tertiary/aromatic N) is 1. The summed E-state index contributed by atoms with van der Waals surface area (Å²) in [5.41, 5.74) is 0.376. The maximum absolute atomic E-state index is 10.5. The van der Waals surface area contributed by atoms with Gasteiger partial charge in [-0.3, -0.25) is 10.1 Å². The first-order valence-corrected chi connectivity index (χ1v) is 4.85. The van der Waals surface area contributed by atoms with Crippen molar-refractivity contribution in [3.05, 3.63) is 33.9 Å². The number of nitro benzene ring substituents is 1. The number of aromatic hydroxyl groups is 1. The number of phenolic OH excluding ortho intramolecular Hbond substituents is 1. The first-order chi connectivity index (χ1) is 7.54. The summed E-state index contributed by atoms with van der Waals surface area (Å²) in [6.45, 7) is 2.01. The third-order valence-corrected chi connectivity index (χ3v) is 2.19. The van der Waals surface area contributed by atoms with Crippen molar-refractivity contribution in [2.45, 2.75) is 19.5 Å². The highest BCUT2D eigenvalue weighted by Gasteiger charge is 2.10. The van der Waals surface area contributed by atoms with E-state index in [9.17, 15) is 15.2 Å². The minimum Gasteiger partial charge on any atom is -0.508 e. The van der Waals surface area contributed by atoms with Crippen molar-refractivity contribution in [1.82, 2.24) is 5.32 Å². The number of rotatable bonds is 5. The summed E-state index contributed by atoms with van der Waals surface area (Å²) in [5, 5.41) is 31.7. The Labute approximate surface area is 92.7 Å². The van der Waals surface area contributed by atoms with Crippen LogP contribution in [0.2, 0.25) is 0 Å². The van der Waals surface area contributed by atoms with Gasteiger partial charge in [0.25, 0.3) is 5.69 Å². The maximum atomic E-state index is 10.5. The van der Waals surface area contributed by atoms with E-state index in [1.807, 2.05) is 0 Å². The van der Waals surface area contributed by atoms with E-state index in [-0.39, 0.29) is 30.6 Å². The van der Waals surface area contributed by atoms with Crippen LogP contribution in [0.4, 0.5) is 5.69 Å². The first-order valence-electron chi connectivity index (χ1n) is 4.85. The minimum atomic E-state index is -0.515. The van der Waals surface area contributed by atoms with Crippen LogP contribution < -0.4 is 5.32 Å². The second kappa shape index (κ2) is 5.43. The lowest BCUT2D eigenvalue weighted by Crippen LogP contribution is -2.28. The Bertz CT molecular complexity index is 381. The Kier molecular flexibility index (Phi) is 4.21. The average molecular weight is 226 g/mol. The average Bonchev–Trinajstić information content (AvgIpc) is 2.27. The topological polar surface area (TPSA) is 95.6 Å². The van der Waals surface area contributed by atoms with Crippen LogP contribution in [0.15, 0.2) is 18.2 Å². The van der Waals surface area contributed by atoms with Crippen molar-refractivity contribution >= 4 is 5.69 Å². The molecule has 0 aromatic heterocycles. The molecule has 0 spiro atoms. The molecule has 16 heavy (non-hydrogen) atoms. The van der Waals surface area contributed by atoms with Gasteiger partial charge in [-0.1, -0.05) is 0 Å². The van der Waals surface area contributed by atoms with Gasteiger partial charge in [-0.05, 0) is 13.0 Å². The number of benzene rings is 1. The fourth-order valence-corrected chi connectivity index (χ4v) is 1.18. The standard InChI is InChI=1S/C10H14N2O4/c1-7(6-13)11-5-8-4-9(12(15)16)2-3-10(8)14/h2-4,7,11,13-14H,5-6H2,1H3. The van der Waals surface area contributed by atoms with Gasteiger partial charge in [-0.2, -0.15) is 0 Å². The van der Waals surface area contributed by atoms with Gasteiger partial charge in [0.15, 0.2) is 0 Å². The molecule has 1 atom stereocenters. The van der Waals surface area contributed by atoms with Gasteiger partial charge in [-0.25, -0.2) is 0 Å². The molecule has 0 aliphatic carbocycles. The molecule has 3 N–H and O–H groups in total. The first kappa shape index (κ1) is 12.4. The molecule has 0 saturated carbocycles. The van der Waals surface area contributed by atoms with Crippen molar-refractivity contribution < 1.29 is 15.1 Å². The second-order valence-electron chi connectivity index (χ2n) is 3.53. The molecule has 0 bridgehead atoms. The van der Waals surface area contributed by atoms with E-state index in [0.29, 0.717) is 5.56 Å². The van der Waals surface area contributed by atoms with Crippen molar-refractivity contribution in [3.8, 4) is 5.75 Å². The molecule has 1 aromatic carbocycles. The van der Waals surface area contributed by atoms with Crippen molar-refractivity contribution in [1.29, 1.82) is 0 Å². The summed E-state index contributed by atoms with van der Waals surface area (Å²) in [6, 6.07) is 3.72. The highest BCUT2D eigenvalue weighted by Crippen LogP contribution is 2.22. The molecular formula is C10H14N2O4. The molecule has 6 nitrogen and oxygen atoms in total. The number of phenols is 1. The molecule has 1 rings (SSSR count). The summed E-state index contributed by atoms with van der Waals surface area (Å²) >= 11 is 0. The number of nitro groups is 1. The van der Waals surface area contributed by atoms with Gasteiger partial charge in [0.05, 0.1) is 11.5 Å². The second-order valence-corrected chi connectivity index (χ2v) is 3.53. The van der Waals surface area contributed by atoms with Crippen molar-refractivity contribution in [2.24, 2.45) is 0 Å². The number of hydrogen-bond acceptors (Lipinski definition) is 5. The minimum absolute atomic E-state index is 0.00300. The molecule has 1 aromatic rings. The summed E-state index contributed by atoms with van der Waals surface area (Å²) < 4.78 is 0. The van der Waals surface area contributed by atoms with Crippen LogP contribution in [0.3, 0.4) is 0 Å². The zero-order chi connectivity index (χ0) is 12.1. The number of nitrogens with one attached hydrogen (secondary N) is 1. The zero-order valence-electron chi connectivity index (χ0n) is 8.88. The molecule has 0 radical (unpaired) electrons. The molecule has 0 aliphatic rings. The van der Waals surface area contributed by atoms with Crippen LogP contribution in [-0.2, 0) is 6.54 Å². The van der Waals surface area contributed by atoms with Gasteiger partial charge >= 0.3 is 0 Å². The fraction of sp³-hybridized carbons (Fsp3) is 0.400. The largest absolute Gasteiger partial charge is 0.508 e. The smallest absolute Gasteiger partial charge is 0.270 e. The Morgan fingerprint density at radius 3 is 2.81 bits per heavy atom. The molecule has 88 valence electrons. The lowest BCUT2D eigenvalue weighted by molar-refractivity contribution is -0.384. The van der Waals surface area contributed by atoms with E-state index in [4.69, 9.17) is 5.11 Å².